The van der Waals surface area contributed by atoms with Crippen molar-refractivity contribution < 1.29 is 92.8 Å². The van der Waals surface area contributed by atoms with Gasteiger partial charge in [-0.05, 0) is 67.6 Å². The van der Waals surface area contributed by atoms with E-state index < -0.39 is 183 Å². The maximum Gasteiger partial charge on any atom is 0.297 e. The van der Waals surface area contributed by atoms with Gasteiger partial charge in [-0.1, -0.05) is 35.1 Å². The van der Waals surface area contributed by atoms with E-state index in [-0.39, 0.29) is 33.9 Å². The van der Waals surface area contributed by atoms with Gasteiger partial charge in [-0.15, -0.1) is 30.7 Å². The van der Waals surface area contributed by atoms with Crippen LogP contribution in [-0.2, 0) is 60.7 Å². The van der Waals surface area contributed by atoms with Gasteiger partial charge in [-0.25, -0.2) is 9.97 Å². The molecule has 0 bridgehead atoms. The number of rotatable bonds is 20. The van der Waals surface area contributed by atoms with E-state index >= 15 is 0 Å². The summed E-state index contributed by atoms with van der Waals surface area (Å²) in [7, 11) is -29.7. The summed E-state index contributed by atoms with van der Waals surface area (Å²) in [5.41, 5.74) is -3.14. The molecule has 0 unspecified atom stereocenters. The summed E-state index contributed by atoms with van der Waals surface area (Å²) in [4.78, 5) is 4.98. The summed E-state index contributed by atoms with van der Waals surface area (Å²) in [5.74, 6) is -3.91. The first-order valence-electron chi connectivity index (χ1n) is 22.5. The van der Waals surface area contributed by atoms with Crippen molar-refractivity contribution in [3.05, 3.63) is 76.8 Å². The van der Waals surface area contributed by atoms with Crippen molar-refractivity contribution in [1.82, 2.24) is 14.4 Å². The molecule has 0 saturated heterocycles. The van der Waals surface area contributed by atoms with Crippen LogP contribution in [0.15, 0.2) is 111 Å². The van der Waals surface area contributed by atoms with Gasteiger partial charge >= 0.3 is 0 Å². The van der Waals surface area contributed by atoms with Crippen LogP contribution in [-0.4, -0.2) is 134 Å². The monoisotopic (exact) mass is 1300 g/mol. The fourth-order valence-electron chi connectivity index (χ4n) is 8.26. The van der Waals surface area contributed by atoms with Gasteiger partial charge in [0, 0.05) is 30.1 Å². The Bertz CT molecular complexity index is 4900. The van der Waals surface area contributed by atoms with E-state index in [1.54, 1.807) is 24.3 Å². The van der Waals surface area contributed by atoms with Gasteiger partial charge in [-0.3, -0.25) is 31.7 Å². The molecule has 5 aromatic carbocycles. The van der Waals surface area contributed by atoms with Crippen LogP contribution in [0.1, 0.15) is 24.0 Å². The first-order chi connectivity index (χ1) is 38.5. The lowest BCUT2D eigenvalue weighted by atomic mass is 10.1. The Balaban J connectivity index is 1.32. The second-order valence-electron chi connectivity index (χ2n) is 17.3. The molecule has 0 radical (unpaired) electrons. The molecule has 0 atom stereocenters. The van der Waals surface area contributed by atoms with E-state index in [2.05, 4.69) is 40.7 Å². The van der Waals surface area contributed by atoms with Gasteiger partial charge in [0.1, 0.15) is 59.7 Å². The van der Waals surface area contributed by atoms with E-state index in [4.69, 9.17) is 16.3 Å². The number of thiazole rings is 1. The topological polar surface area (TPSA) is 507 Å². The highest BCUT2D eigenvalue weighted by Gasteiger charge is 2.31. The number of hydrogen-bond acceptors (Lipinski definition) is 26. The molecule has 83 heavy (non-hydrogen) atoms. The highest BCUT2D eigenvalue weighted by atomic mass is 35.5. The lowest BCUT2D eigenvalue weighted by Gasteiger charge is -2.26. The van der Waals surface area contributed by atoms with Gasteiger partial charge in [0.15, 0.2) is 17.1 Å². The summed E-state index contributed by atoms with van der Waals surface area (Å²) < 4.78 is 214. The van der Waals surface area contributed by atoms with Crippen molar-refractivity contribution in [2.24, 2.45) is 30.7 Å². The van der Waals surface area contributed by atoms with Crippen LogP contribution < -0.4 is 9.64 Å². The predicted octanol–water partition coefficient (Wildman–Crippen LogP) is 8.10. The summed E-state index contributed by atoms with van der Waals surface area (Å²) in [6, 6.07) is 13.2. The number of phenolic OH excluding ortho intramolecular Hbond substituents is 1. The zero-order valence-electron chi connectivity index (χ0n) is 41.6. The summed E-state index contributed by atoms with van der Waals surface area (Å²) in [6.45, 7) is 0.529. The molecule has 0 aliphatic rings. The first kappa shape index (κ1) is 61.5. The van der Waals surface area contributed by atoms with Crippen molar-refractivity contribution in [2.75, 3.05) is 36.6 Å². The Morgan fingerprint density at radius 2 is 1.25 bits per heavy atom. The maximum absolute atomic E-state index is 13.1. The van der Waals surface area contributed by atoms with Crippen molar-refractivity contribution >= 4 is 161 Å². The highest BCUT2D eigenvalue weighted by molar-refractivity contribution is 7.87. The summed E-state index contributed by atoms with van der Waals surface area (Å²) in [5, 5.41) is 54.9. The third kappa shape index (κ3) is 13.1. The number of ether oxygens (including phenoxy) is 1. The van der Waals surface area contributed by atoms with Crippen LogP contribution in [0, 0.1) is 18.3 Å². The molecule has 3 aromatic heterocycles. The number of nitriles is 1. The predicted molar refractivity (Wildman–Crippen MR) is 293 cm³/mol. The third-order valence-corrected chi connectivity index (χ3v) is 18.7. The minimum absolute atomic E-state index is 0.00609. The minimum atomic E-state index is -5.52. The number of nitrogens with zero attached hydrogens (tertiary/aromatic N) is 11. The summed E-state index contributed by atoms with van der Waals surface area (Å²) >= 11 is 6.38. The van der Waals surface area contributed by atoms with Crippen molar-refractivity contribution in [1.29, 1.82) is 5.26 Å². The van der Waals surface area contributed by atoms with Crippen molar-refractivity contribution in [3.63, 3.8) is 0 Å². The molecule has 40 heteroatoms. The molecule has 0 saturated carbocycles. The molecular weight excluding hydrogens is 1270 g/mol. The van der Waals surface area contributed by atoms with Gasteiger partial charge in [0.25, 0.3) is 60.7 Å². The Hall–Kier alpha value is -7.56. The molecule has 0 amide bonds. The Morgan fingerprint density at radius 3 is 1.83 bits per heavy atom. The molecule has 8 rings (SSSR count). The second-order valence-corrected chi connectivity index (χ2v) is 27.3. The van der Waals surface area contributed by atoms with E-state index in [1.807, 2.05) is 6.07 Å². The van der Waals surface area contributed by atoms with Gasteiger partial charge < -0.3 is 19.8 Å². The van der Waals surface area contributed by atoms with Crippen LogP contribution in [0.4, 0.5) is 39.3 Å². The van der Waals surface area contributed by atoms with Gasteiger partial charge in [0.2, 0.25) is 11.0 Å². The van der Waals surface area contributed by atoms with Crippen molar-refractivity contribution in [2.45, 2.75) is 39.3 Å². The summed E-state index contributed by atoms with van der Waals surface area (Å²) in [6.07, 6.45) is -0.838. The highest BCUT2D eigenvalue weighted by Crippen LogP contribution is 2.48. The van der Waals surface area contributed by atoms with Crippen LogP contribution in [0.3, 0.4) is 0 Å². The number of anilines is 1. The number of imidazole rings is 1. The Kier molecular flexibility index (Phi) is 16.7. The average molecular weight is 1300 g/mol. The van der Waals surface area contributed by atoms with E-state index in [1.165, 1.54) is 16.2 Å². The van der Waals surface area contributed by atoms with E-state index in [0.717, 1.165) is 25.3 Å². The fraction of sp³-hybridized carbons (Fsp3) is 0.186. The molecule has 32 nitrogen and oxygen atoms in total. The zero-order chi connectivity index (χ0) is 61.1. The van der Waals surface area contributed by atoms with E-state index in [0.29, 0.717) is 40.6 Å². The Morgan fingerprint density at radius 1 is 0.675 bits per heavy atom. The number of para-hydroxylation sites is 2. The molecule has 0 fully saturated rings. The molecule has 438 valence electrons. The van der Waals surface area contributed by atoms with Crippen LogP contribution in [0.2, 0.25) is 5.02 Å². The number of pyridine rings is 1. The number of aromatic nitrogens is 3. The fourth-order valence-corrected chi connectivity index (χ4v) is 13.9. The normalized spacial score (nSPS) is 13.2. The third-order valence-electron chi connectivity index (χ3n) is 11.8. The van der Waals surface area contributed by atoms with Crippen LogP contribution >= 0.6 is 22.9 Å². The molecule has 0 aliphatic heterocycles. The molecule has 3 heterocycles. The molecule has 0 aliphatic carbocycles. The standard InChI is InChI=1S/C43H36ClN11O21S7/c1-20-23(19-45)41-46-24-7-3-4-8-29(24)55(41)42(57)36(20)51-50-27-15-22-21(13-32(27)80(64,65)66)14-34(82(70,71)72)37(38(22)56)52-48-25-17-31(76-2)26(16-30(25)54(9-5-11-78(58,59)60)10-6-12-79(61,62)63)49-53-43-47-28-18-33(81(67,68)69)35(44)40(39(28)77-43)83(73,74)75/h3-4,7-8,13-18,56-57H,5-6,9-12H2,1-2H3,(H,58,59,60)(H,61,62,63)(H,64,65,66)(H,67,68,69)(H,70,71,72)(H,73,74,75). The SMILES string of the molecule is COc1cc(N=Nc2c(S(=O)(=O)O)cc3cc(S(=O)(=O)O)c(N=Nc4c(C)c(C#N)c5nc6ccccc6n5c4O)cc3c2O)c(N(CCCS(=O)(=O)O)CCCS(=O)(=O)O)cc1N=Nc1nc2cc(S(=O)(=O)O)c(Cl)c(S(=O)(=O)O)c2s1. The smallest absolute Gasteiger partial charge is 0.297 e. The number of phenols is 1. The lowest BCUT2D eigenvalue weighted by molar-refractivity contribution is 0.416. The Labute approximate surface area is 476 Å². The number of aromatic hydroxyl groups is 2. The minimum Gasteiger partial charge on any atom is -0.505 e. The average Bonchev–Trinajstić information content (AvgIpc) is 4.04. The lowest BCUT2D eigenvalue weighted by Crippen LogP contribution is -2.28. The van der Waals surface area contributed by atoms with Gasteiger partial charge in [-0.2, -0.15) is 55.8 Å². The quantitative estimate of drug-likeness (QED) is 0.0264. The van der Waals surface area contributed by atoms with E-state index in [9.17, 15) is 93.3 Å². The molecule has 0 spiro atoms. The first-order valence-corrected chi connectivity index (χ1v) is 32.7. The number of fused-ring (bicyclic) bond motifs is 5. The molecular formula is C43H36ClN11O21S7. The van der Waals surface area contributed by atoms with Crippen LogP contribution in [0.25, 0.3) is 37.7 Å². The largest absolute Gasteiger partial charge is 0.505 e. The maximum atomic E-state index is 13.1. The number of benzene rings is 5. The second kappa shape index (κ2) is 22.5. The number of halogens is 1. The van der Waals surface area contributed by atoms with Crippen LogP contribution in [0.5, 0.6) is 17.4 Å². The molecule has 8 aromatic rings. The zero-order valence-corrected chi connectivity index (χ0v) is 48.0. The number of azo groups is 3. The van der Waals surface area contributed by atoms with Crippen molar-refractivity contribution in [3.8, 4) is 23.4 Å². The van der Waals surface area contributed by atoms with Gasteiger partial charge in [0.05, 0.1) is 50.6 Å². The number of hydrogen-bond donors (Lipinski definition) is 8. The molecule has 8 N–H and O–H groups in total. The number of methoxy groups -OCH3 is 1.